The number of nitrogens with zero attached hydrogens (tertiary/aromatic N) is 1. The zero-order chi connectivity index (χ0) is 12.8. The van der Waals surface area contributed by atoms with Gasteiger partial charge in [-0.05, 0) is 38.5 Å². The fourth-order valence-corrected chi connectivity index (χ4v) is 1.87. The average Bonchev–Trinajstić information content (AvgIpc) is 2.24. The lowest BCUT2D eigenvalue weighted by Gasteiger charge is -2.26. The first-order valence-electron chi connectivity index (χ1n) is 6.01. The molecule has 0 spiro atoms. The van der Waals surface area contributed by atoms with Crippen molar-refractivity contribution in [3.63, 3.8) is 0 Å². The zero-order valence-electron chi connectivity index (χ0n) is 11.1. The Morgan fingerprint density at radius 1 is 1.47 bits per heavy atom. The van der Waals surface area contributed by atoms with Crippen LogP contribution in [0, 0.1) is 6.92 Å². The van der Waals surface area contributed by atoms with Gasteiger partial charge in [0.05, 0.1) is 6.54 Å². The summed E-state index contributed by atoms with van der Waals surface area (Å²) in [7, 11) is 0. The van der Waals surface area contributed by atoms with Crippen molar-refractivity contribution >= 4 is 11.7 Å². The van der Waals surface area contributed by atoms with E-state index in [9.17, 15) is 4.79 Å². The molecule has 17 heavy (non-hydrogen) atoms. The van der Waals surface area contributed by atoms with E-state index in [1.807, 2.05) is 13.0 Å². The molecule has 1 atom stereocenters. The van der Waals surface area contributed by atoms with E-state index in [-0.39, 0.29) is 12.1 Å². The Bertz CT molecular complexity index is 376. The quantitative estimate of drug-likeness (QED) is 0.735. The van der Waals surface area contributed by atoms with Gasteiger partial charge >= 0.3 is 5.97 Å². The molecule has 1 rings (SSSR count). The van der Waals surface area contributed by atoms with Gasteiger partial charge in [0.2, 0.25) is 0 Å². The molecule has 94 valence electrons. The van der Waals surface area contributed by atoms with E-state index in [0.717, 1.165) is 13.1 Å². The highest BCUT2D eigenvalue weighted by Crippen LogP contribution is 2.16. The van der Waals surface area contributed by atoms with Crippen LogP contribution in [0.3, 0.4) is 0 Å². The molecular weight excluding hydrogens is 214 g/mol. The highest BCUT2D eigenvalue weighted by molar-refractivity contribution is 5.66. The fourth-order valence-electron chi connectivity index (χ4n) is 1.87. The molecule has 3 nitrogen and oxygen atoms in total. The molecule has 1 aromatic rings. The molecule has 0 radical (unpaired) electrons. The lowest BCUT2D eigenvalue weighted by Crippen LogP contribution is -2.33. The van der Waals surface area contributed by atoms with E-state index < -0.39 is 0 Å². The van der Waals surface area contributed by atoms with Crippen LogP contribution < -0.4 is 4.90 Å². The second-order valence-electron chi connectivity index (χ2n) is 4.30. The van der Waals surface area contributed by atoms with Crippen molar-refractivity contribution in [2.24, 2.45) is 0 Å². The standard InChI is InChI=1S/C14H21NO2/c1-5-15(10-12(3)17-13(4)16)14-8-6-7-11(2)9-14/h6-9,12H,5,10H2,1-4H3. The number of anilines is 1. The number of rotatable bonds is 5. The molecule has 0 N–H and O–H groups in total. The predicted octanol–water partition coefficient (Wildman–Crippen LogP) is 2.77. The van der Waals surface area contributed by atoms with Crippen molar-refractivity contribution in [1.82, 2.24) is 0 Å². The lowest BCUT2D eigenvalue weighted by molar-refractivity contribution is -0.144. The molecule has 1 unspecified atom stereocenters. The number of hydrogen-bond donors (Lipinski definition) is 0. The van der Waals surface area contributed by atoms with Crippen LogP contribution in [0.2, 0.25) is 0 Å². The third-order valence-corrected chi connectivity index (χ3v) is 2.59. The van der Waals surface area contributed by atoms with Gasteiger partial charge in [0.1, 0.15) is 6.10 Å². The Morgan fingerprint density at radius 3 is 2.71 bits per heavy atom. The van der Waals surface area contributed by atoms with E-state index in [1.54, 1.807) is 0 Å². The van der Waals surface area contributed by atoms with Crippen molar-refractivity contribution in [2.75, 3.05) is 18.0 Å². The van der Waals surface area contributed by atoms with Gasteiger partial charge in [-0.15, -0.1) is 0 Å². The minimum atomic E-state index is -0.224. The number of hydrogen-bond acceptors (Lipinski definition) is 3. The third kappa shape index (κ3) is 4.47. The number of likely N-dealkylation sites (N-methyl/N-ethyl adjacent to an activating group) is 1. The van der Waals surface area contributed by atoms with Gasteiger partial charge in [0.25, 0.3) is 0 Å². The summed E-state index contributed by atoms with van der Waals surface area (Å²) in [5.74, 6) is -0.224. The SMILES string of the molecule is CCN(CC(C)OC(C)=O)c1cccc(C)c1. The van der Waals surface area contributed by atoms with E-state index in [0.29, 0.717) is 0 Å². The summed E-state index contributed by atoms with van der Waals surface area (Å²) in [5.41, 5.74) is 2.41. The van der Waals surface area contributed by atoms with Crippen molar-refractivity contribution in [2.45, 2.75) is 33.8 Å². The first-order chi connectivity index (χ1) is 8.02. The Kier molecular flexibility index (Phi) is 5.01. The molecule has 0 aliphatic heterocycles. The number of carbonyl (C=O) groups is 1. The maximum atomic E-state index is 10.9. The number of esters is 1. The summed E-state index contributed by atoms with van der Waals surface area (Å²) in [6, 6.07) is 8.34. The minimum absolute atomic E-state index is 0.0898. The van der Waals surface area contributed by atoms with Crippen LogP contribution in [0.1, 0.15) is 26.3 Å². The first-order valence-corrected chi connectivity index (χ1v) is 6.01. The van der Waals surface area contributed by atoms with Crippen LogP contribution in [-0.2, 0) is 9.53 Å². The molecule has 0 saturated carbocycles. The van der Waals surface area contributed by atoms with Gasteiger partial charge in [0, 0.05) is 19.2 Å². The maximum absolute atomic E-state index is 10.9. The number of aryl methyl sites for hydroxylation is 1. The summed E-state index contributed by atoms with van der Waals surface area (Å²) in [4.78, 5) is 13.1. The van der Waals surface area contributed by atoms with Gasteiger partial charge in [-0.25, -0.2) is 0 Å². The molecule has 1 aromatic carbocycles. The van der Waals surface area contributed by atoms with Crippen LogP contribution in [0.5, 0.6) is 0 Å². The van der Waals surface area contributed by atoms with Crippen LogP contribution >= 0.6 is 0 Å². The minimum Gasteiger partial charge on any atom is -0.461 e. The highest BCUT2D eigenvalue weighted by Gasteiger charge is 2.11. The van der Waals surface area contributed by atoms with Crippen molar-refractivity contribution < 1.29 is 9.53 Å². The van der Waals surface area contributed by atoms with E-state index in [2.05, 4.69) is 36.9 Å². The second kappa shape index (κ2) is 6.28. The Balaban J connectivity index is 2.68. The molecule has 0 bridgehead atoms. The Hall–Kier alpha value is -1.51. The number of benzene rings is 1. The molecule has 0 heterocycles. The Morgan fingerprint density at radius 2 is 2.18 bits per heavy atom. The largest absolute Gasteiger partial charge is 0.461 e. The van der Waals surface area contributed by atoms with Crippen LogP contribution in [0.25, 0.3) is 0 Å². The molecule has 0 saturated heterocycles. The molecule has 0 aliphatic carbocycles. The maximum Gasteiger partial charge on any atom is 0.302 e. The van der Waals surface area contributed by atoms with Gasteiger partial charge in [-0.3, -0.25) is 4.79 Å². The first kappa shape index (κ1) is 13.6. The molecule has 0 aliphatic rings. The Labute approximate surface area is 103 Å². The number of ether oxygens (including phenoxy) is 1. The lowest BCUT2D eigenvalue weighted by atomic mass is 10.2. The summed E-state index contributed by atoms with van der Waals surface area (Å²) >= 11 is 0. The summed E-state index contributed by atoms with van der Waals surface area (Å²) in [5, 5.41) is 0. The summed E-state index contributed by atoms with van der Waals surface area (Å²) in [6.45, 7) is 9.16. The highest BCUT2D eigenvalue weighted by atomic mass is 16.5. The smallest absolute Gasteiger partial charge is 0.302 e. The number of carbonyl (C=O) groups excluding carboxylic acids is 1. The average molecular weight is 235 g/mol. The second-order valence-corrected chi connectivity index (χ2v) is 4.30. The monoisotopic (exact) mass is 235 g/mol. The topological polar surface area (TPSA) is 29.5 Å². The third-order valence-electron chi connectivity index (χ3n) is 2.59. The molecule has 0 fully saturated rings. The normalized spacial score (nSPS) is 12.0. The van der Waals surface area contributed by atoms with Crippen LogP contribution in [0.15, 0.2) is 24.3 Å². The molecular formula is C14H21NO2. The fraction of sp³-hybridized carbons (Fsp3) is 0.500. The predicted molar refractivity (Wildman–Crippen MR) is 70.3 cm³/mol. The van der Waals surface area contributed by atoms with Gasteiger partial charge < -0.3 is 9.64 Å². The summed E-state index contributed by atoms with van der Waals surface area (Å²) in [6.07, 6.45) is -0.0898. The zero-order valence-corrected chi connectivity index (χ0v) is 11.1. The molecule has 0 amide bonds. The van der Waals surface area contributed by atoms with E-state index >= 15 is 0 Å². The van der Waals surface area contributed by atoms with Gasteiger partial charge in [-0.1, -0.05) is 12.1 Å². The summed E-state index contributed by atoms with van der Waals surface area (Å²) < 4.78 is 5.15. The van der Waals surface area contributed by atoms with Crippen molar-refractivity contribution in [3.05, 3.63) is 29.8 Å². The van der Waals surface area contributed by atoms with E-state index in [4.69, 9.17) is 4.74 Å². The van der Waals surface area contributed by atoms with Gasteiger partial charge in [0.15, 0.2) is 0 Å². The molecule has 0 aromatic heterocycles. The van der Waals surface area contributed by atoms with E-state index in [1.165, 1.54) is 18.2 Å². The van der Waals surface area contributed by atoms with Crippen LogP contribution in [0.4, 0.5) is 5.69 Å². The van der Waals surface area contributed by atoms with Crippen molar-refractivity contribution in [3.8, 4) is 0 Å². The molecule has 3 heteroatoms. The van der Waals surface area contributed by atoms with Crippen LogP contribution in [-0.4, -0.2) is 25.2 Å². The van der Waals surface area contributed by atoms with Crippen molar-refractivity contribution in [1.29, 1.82) is 0 Å². The van der Waals surface area contributed by atoms with Gasteiger partial charge in [-0.2, -0.15) is 0 Å².